The molecule has 5 heteroatoms. The second-order valence-electron chi connectivity index (χ2n) is 4.20. The molecule has 0 spiro atoms. The van der Waals surface area contributed by atoms with E-state index in [0.717, 1.165) is 5.69 Å². The number of hydrogen-bond donors (Lipinski definition) is 0. The molecule has 4 nitrogen and oxygen atoms in total. The van der Waals surface area contributed by atoms with Gasteiger partial charge < -0.3 is 9.30 Å². The van der Waals surface area contributed by atoms with E-state index in [1.165, 1.54) is 6.07 Å². The average Bonchev–Trinajstić information content (AvgIpc) is 2.30. The molecule has 1 aromatic heterocycles. The van der Waals surface area contributed by atoms with E-state index < -0.39 is 5.97 Å². The fourth-order valence-corrected chi connectivity index (χ4v) is 2.21. The van der Waals surface area contributed by atoms with Crippen molar-refractivity contribution in [2.75, 3.05) is 6.61 Å². The summed E-state index contributed by atoms with van der Waals surface area (Å²) in [6.45, 7) is 7.61. The number of nitrogens with zero attached hydrogens (tertiary/aromatic N) is 1. The molecule has 100 valence electrons. The highest BCUT2D eigenvalue weighted by molar-refractivity contribution is 6.31. The largest absolute Gasteiger partial charge is 0.462 e. The normalized spacial score (nSPS) is 10.8. The van der Waals surface area contributed by atoms with E-state index in [-0.39, 0.29) is 23.8 Å². The molecule has 0 saturated carbocycles. The van der Waals surface area contributed by atoms with Crippen molar-refractivity contribution >= 4 is 17.6 Å². The lowest BCUT2D eigenvalue weighted by Gasteiger charge is -2.18. The van der Waals surface area contributed by atoms with E-state index in [1.807, 2.05) is 20.8 Å². The Morgan fingerprint density at radius 3 is 2.50 bits per heavy atom. The Labute approximate surface area is 112 Å². The number of pyridine rings is 1. The zero-order valence-electron chi connectivity index (χ0n) is 11.1. The van der Waals surface area contributed by atoms with Crippen molar-refractivity contribution in [3.05, 3.63) is 32.7 Å². The average molecular weight is 272 g/mol. The lowest BCUT2D eigenvalue weighted by Crippen LogP contribution is -2.31. The van der Waals surface area contributed by atoms with Gasteiger partial charge in [-0.05, 0) is 33.3 Å². The third-order valence-corrected chi connectivity index (χ3v) is 2.96. The van der Waals surface area contributed by atoms with Gasteiger partial charge in [-0.25, -0.2) is 4.79 Å². The Kier molecular flexibility index (Phi) is 4.96. The summed E-state index contributed by atoms with van der Waals surface area (Å²) >= 11 is 6.13. The molecule has 1 aromatic rings. The first-order chi connectivity index (χ1) is 8.43. The molecular formula is C13H18ClNO3. The first-order valence-corrected chi connectivity index (χ1v) is 6.42. The number of carbonyl (C=O) groups excluding carboxylic acids is 1. The van der Waals surface area contributed by atoms with Gasteiger partial charge in [0.2, 0.25) is 0 Å². The molecule has 0 N–H and O–H groups in total. The molecule has 0 aliphatic carbocycles. The third-order valence-electron chi connectivity index (χ3n) is 2.63. The summed E-state index contributed by atoms with van der Waals surface area (Å²) in [5.74, 6) is -0.624. The van der Waals surface area contributed by atoms with E-state index in [2.05, 4.69) is 0 Å². The zero-order valence-corrected chi connectivity index (χ0v) is 11.9. The van der Waals surface area contributed by atoms with Crippen molar-refractivity contribution < 1.29 is 9.53 Å². The van der Waals surface area contributed by atoms with Gasteiger partial charge in [-0.15, -0.1) is 0 Å². The smallest absolute Gasteiger partial charge is 0.343 e. The minimum atomic E-state index is -0.624. The van der Waals surface area contributed by atoms with Gasteiger partial charge in [-0.2, -0.15) is 0 Å². The van der Waals surface area contributed by atoms with Crippen LogP contribution in [0.15, 0.2) is 10.9 Å². The predicted molar refractivity (Wildman–Crippen MR) is 71.4 cm³/mol. The molecule has 0 aliphatic rings. The van der Waals surface area contributed by atoms with Crippen LogP contribution in [0.2, 0.25) is 5.02 Å². The maximum Gasteiger partial charge on any atom is 0.343 e. The van der Waals surface area contributed by atoms with E-state index >= 15 is 0 Å². The number of aromatic nitrogens is 1. The molecule has 18 heavy (non-hydrogen) atoms. The van der Waals surface area contributed by atoms with Crippen molar-refractivity contribution in [1.82, 2.24) is 4.57 Å². The fraction of sp³-hybridized carbons (Fsp3) is 0.538. The van der Waals surface area contributed by atoms with Crippen molar-refractivity contribution in [2.24, 2.45) is 0 Å². The van der Waals surface area contributed by atoms with Gasteiger partial charge in [-0.1, -0.05) is 18.5 Å². The van der Waals surface area contributed by atoms with Crippen LogP contribution < -0.4 is 5.56 Å². The van der Waals surface area contributed by atoms with Gasteiger partial charge in [-0.3, -0.25) is 4.79 Å². The Morgan fingerprint density at radius 1 is 1.44 bits per heavy atom. The van der Waals surface area contributed by atoms with E-state index in [0.29, 0.717) is 11.4 Å². The molecule has 0 atom stereocenters. The molecular weight excluding hydrogens is 254 g/mol. The number of carbonyl (C=O) groups is 1. The standard InChI is InChI=1S/C13H18ClNO3/c1-5-11-10(14)7-9(13(17)18-6-2)12(16)15(11)8(3)4/h7-8H,5-6H2,1-4H3. The van der Waals surface area contributed by atoms with E-state index in [1.54, 1.807) is 11.5 Å². The summed E-state index contributed by atoms with van der Waals surface area (Å²) in [5, 5.41) is 0.425. The monoisotopic (exact) mass is 271 g/mol. The molecule has 1 rings (SSSR count). The van der Waals surface area contributed by atoms with Crippen molar-refractivity contribution in [3.8, 4) is 0 Å². The first kappa shape index (κ1) is 14.8. The summed E-state index contributed by atoms with van der Waals surface area (Å²) in [6.07, 6.45) is 0.634. The highest BCUT2D eigenvalue weighted by Gasteiger charge is 2.19. The summed E-state index contributed by atoms with van der Waals surface area (Å²) in [5.41, 5.74) is 0.391. The van der Waals surface area contributed by atoms with Gasteiger partial charge in [0.05, 0.1) is 11.6 Å². The van der Waals surface area contributed by atoms with Crippen LogP contribution in [0.5, 0.6) is 0 Å². The molecule has 0 bridgehead atoms. The van der Waals surface area contributed by atoms with E-state index in [4.69, 9.17) is 16.3 Å². The van der Waals surface area contributed by atoms with Gasteiger partial charge >= 0.3 is 5.97 Å². The number of hydrogen-bond acceptors (Lipinski definition) is 3. The minimum absolute atomic E-state index is 0.00671. The van der Waals surface area contributed by atoms with Crippen LogP contribution in [0.1, 0.15) is 49.8 Å². The van der Waals surface area contributed by atoms with Crippen LogP contribution in [0, 0.1) is 0 Å². The van der Waals surface area contributed by atoms with Crippen LogP contribution in [0.3, 0.4) is 0 Å². The van der Waals surface area contributed by atoms with Crippen molar-refractivity contribution in [1.29, 1.82) is 0 Å². The molecule has 0 radical (unpaired) electrons. The summed E-state index contributed by atoms with van der Waals surface area (Å²) in [6, 6.07) is 1.35. The highest BCUT2D eigenvalue weighted by Crippen LogP contribution is 2.19. The maximum absolute atomic E-state index is 12.3. The summed E-state index contributed by atoms with van der Waals surface area (Å²) in [7, 11) is 0. The molecule has 0 aliphatic heterocycles. The van der Waals surface area contributed by atoms with Crippen LogP contribution >= 0.6 is 11.6 Å². The summed E-state index contributed by atoms with van der Waals surface area (Å²) in [4.78, 5) is 24.0. The molecule has 0 saturated heterocycles. The zero-order chi connectivity index (χ0) is 13.9. The van der Waals surface area contributed by atoms with E-state index in [9.17, 15) is 9.59 Å². The number of rotatable bonds is 4. The predicted octanol–water partition coefficient (Wildman–Crippen LogP) is 2.82. The number of halogens is 1. The van der Waals surface area contributed by atoms with Gasteiger partial charge in [0.25, 0.3) is 5.56 Å². The molecule has 0 fully saturated rings. The number of esters is 1. The van der Waals surface area contributed by atoms with Crippen LogP contribution in [-0.2, 0) is 11.2 Å². The second-order valence-corrected chi connectivity index (χ2v) is 4.60. The van der Waals surface area contributed by atoms with Gasteiger partial charge in [0, 0.05) is 11.7 Å². The Bertz CT molecular complexity index is 506. The summed E-state index contributed by atoms with van der Waals surface area (Å²) < 4.78 is 6.41. The lowest BCUT2D eigenvalue weighted by molar-refractivity contribution is 0.0523. The fourth-order valence-electron chi connectivity index (χ4n) is 1.88. The topological polar surface area (TPSA) is 48.3 Å². The molecule has 0 aromatic carbocycles. The Balaban J connectivity index is 3.50. The SMILES string of the molecule is CCOC(=O)c1cc(Cl)c(CC)n(C(C)C)c1=O. The Hall–Kier alpha value is -1.29. The van der Waals surface area contributed by atoms with Crippen molar-refractivity contribution in [2.45, 2.75) is 40.2 Å². The minimum Gasteiger partial charge on any atom is -0.462 e. The first-order valence-electron chi connectivity index (χ1n) is 6.05. The highest BCUT2D eigenvalue weighted by atomic mass is 35.5. The third kappa shape index (κ3) is 2.75. The van der Waals surface area contributed by atoms with Gasteiger partial charge in [0.15, 0.2) is 0 Å². The van der Waals surface area contributed by atoms with Crippen LogP contribution in [0.25, 0.3) is 0 Å². The maximum atomic E-state index is 12.3. The number of ether oxygens (including phenoxy) is 1. The molecule has 0 unspecified atom stereocenters. The lowest BCUT2D eigenvalue weighted by atomic mass is 10.2. The van der Waals surface area contributed by atoms with Crippen LogP contribution in [0.4, 0.5) is 0 Å². The molecule has 0 amide bonds. The van der Waals surface area contributed by atoms with Crippen LogP contribution in [-0.4, -0.2) is 17.1 Å². The van der Waals surface area contributed by atoms with Crippen molar-refractivity contribution in [3.63, 3.8) is 0 Å². The Morgan fingerprint density at radius 2 is 2.06 bits per heavy atom. The second kappa shape index (κ2) is 6.05. The molecule has 1 heterocycles. The van der Waals surface area contributed by atoms with Gasteiger partial charge in [0.1, 0.15) is 5.56 Å². The quantitative estimate of drug-likeness (QED) is 0.791.